The first-order chi connectivity index (χ1) is 10.1. The number of hydrogen-bond donors (Lipinski definition) is 2. The van der Waals surface area contributed by atoms with Crippen LogP contribution in [0.2, 0.25) is 0 Å². The van der Waals surface area contributed by atoms with Crippen LogP contribution >= 0.6 is 0 Å². The Bertz CT molecular complexity index is 611. The molecule has 0 atom stereocenters. The van der Waals surface area contributed by atoms with Crippen molar-refractivity contribution >= 4 is 11.6 Å². The molecule has 2 aromatic rings. The average molecular weight is 291 g/mol. The van der Waals surface area contributed by atoms with E-state index in [0.29, 0.717) is 17.3 Å². The van der Waals surface area contributed by atoms with Gasteiger partial charge in [0.05, 0.1) is 5.69 Å². The van der Waals surface area contributed by atoms with Gasteiger partial charge in [-0.05, 0) is 24.1 Å². The Morgan fingerprint density at radius 1 is 1.48 bits per heavy atom. The number of nitrogens with one attached hydrogen (secondary N) is 1. The van der Waals surface area contributed by atoms with E-state index < -0.39 is 11.0 Å². The van der Waals surface area contributed by atoms with E-state index in [2.05, 4.69) is 15.0 Å². The second-order valence-corrected chi connectivity index (χ2v) is 4.06. The van der Waals surface area contributed by atoms with Gasteiger partial charge in [0.15, 0.2) is 0 Å². The molecule has 0 amide bonds. The van der Waals surface area contributed by atoms with Gasteiger partial charge in [0.25, 0.3) is 0 Å². The third-order valence-corrected chi connectivity index (χ3v) is 2.63. The van der Waals surface area contributed by atoms with Crippen molar-refractivity contribution in [2.24, 2.45) is 5.73 Å². The second kappa shape index (κ2) is 6.32. The van der Waals surface area contributed by atoms with Gasteiger partial charge in [0.1, 0.15) is 12.7 Å². The number of nitrogens with zero attached hydrogens (tertiary/aromatic N) is 5. The minimum absolute atomic E-state index is 0.295. The Labute approximate surface area is 119 Å². The summed E-state index contributed by atoms with van der Waals surface area (Å²) >= 11 is 0. The highest BCUT2D eigenvalue weighted by Crippen LogP contribution is 2.16. The lowest BCUT2D eigenvalue weighted by molar-refractivity contribution is -0.758. The Morgan fingerprint density at radius 3 is 2.71 bits per heavy atom. The standard InChI is InChI=1S/C11H13N7O3/c12-11(13)17(21-18(19)20)10-3-1-9(2-4-10)5-6-16-8-14-7-15-16/h1-4,7-8H,5-6H2,(H3,12,13). The van der Waals surface area contributed by atoms with Crippen LogP contribution < -0.4 is 10.8 Å². The fourth-order valence-electron chi connectivity index (χ4n) is 1.69. The van der Waals surface area contributed by atoms with Gasteiger partial charge in [0, 0.05) is 6.54 Å². The molecule has 1 aromatic carbocycles. The van der Waals surface area contributed by atoms with Crippen molar-refractivity contribution in [2.45, 2.75) is 13.0 Å². The zero-order chi connectivity index (χ0) is 15.2. The maximum atomic E-state index is 10.4. The molecule has 0 fully saturated rings. The van der Waals surface area contributed by atoms with Crippen molar-refractivity contribution in [1.29, 1.82) is 5.41 Å². The molecule has 1 heterocycles. The summed E-state index contributed by atoms with van der Waals surface area (Å²) in [5.74, 6) is -0.581. The molecule has 3 N–H and O–H groups in total. The van der Waals surface area contributed by atoms with Gasteiger partial charge in [-0.2, -0.15) is 10.0 Å². The predicted molar refractivity (Wildman–Crippen MR) is 72.6 cm³/mol. The van der Waals surface area contributed by atoms with Crippen molar-refractivity contribution in [3.05, 3.63) is 52.6 Å². The Balaban J connectivity index is 2.03. The van der Waals surface area contributed by atoms with Crippen LogP contribution in [-0.4, -0.2) is 25.8 Å². The lowest BCUT2D eigenvalue weighted by Crippen LogP contribution is -2.38. The summed E-state index contributed by atoms with van der Waals surface area (Å²) in [4.78, 5) is 18.4. The maximum absolute atomic E-state index is 10.4. The monoisotopic (exact) mass is 291 g/mol. The minimum atomic E-state index is -1.03. The van der Waals surface area contributed by atoms with E-state index in [0.717, 1.165) is 12.0 Å². The number of guanidine groups is 1. The molecule has 0 unspecified atom stereocenters. The number of benzene rings is 1. The molecular formula is C11H13N7O3. The quantitative estimate of drug-likeness (QED) is 0.339. The first kappa shape index (κ1) is 14.2. The fraction of sp³-hybridized carbons (Fsp3) is 0.182. The second-order valence-electron chi connectivity index (χ2n) is 4.06. The minimum Gasteiger partial charge on any atom is -0.368 e. The molecule has 1 aromatic heterocycles. The predicted octanol–water partition coefficient (Wildman–Crippen LogP) is 0.344. The van der Waals surface area contributed by atoms with Crippen LogP contribution in [0.4, 0.5) is 5.69 Å². The Hall–Kier alpha value is -3.17. The normalized spacial score (nSPS) is 10.1. The molecule has 0 saturated heterocycles. The Morgan fingerprint density at radius 2 is 2.19 bits per heavy atom. The summed E-state index contributed by atoms with van der Waals surface area (Å²) in [6, 6.07) is 6.71. The lowest BCUT2D eigenvalue weighted by Gasteiger charge is -2.18. The molecular weight excluding hydrogens is 278 g/mol. The van der Waals surface area contributed by atoms with Crippen LogP contribution in [-0.2, 0) is 17.9 Å². The fourth-order valence-corrected chi connectivity index (χ4v) is 1.69. The first-order valence-corrected chi connectivity index (χ1v) is 5.94. The van der Waals surface area contributed by atoms with Gasteiger partial charge < -0.3 is 5.73 Å². The van der Waals surface area contributed by atoms with Gasteiger partial charge in [-0.3, -0.25) is 10.1 Å². The van der Waals surface area contributed by atoms with E-state index in [-0.39, 0.29) is 0 Å². The number of hydroxylamine groups is 1. The van der Waals surface area contributed by atoms with Gasteiger partial charge >= 0.3 is 5.09 Å². The van der Waals surface area contributed by atoms with Crippen molar-refractivity contribution in [1.82, 2.24) is 14.8 Å². The van der Waals surface area contributed by atoms with Crippen LogP contribution in [0, 0.1) is 15.5 Å². The van der Waals surface area contributed by atoms with Crippen LogP contribution in [0.3, 0.4) is 0 Å². The van der Waals surface area contributed by atoms with E-state index in [9.17, 15) is 10.1 Å². The number of anilines is 1. The Kier molecular flexibility index (Phi) is 4.29. The van der Waals surface area contributed by atoms with Crippen molar-refractivity contribution in [2.75, 3.05) is 5.06 Å². The molecule has 0 saturated carbocycles. The van der Waals surface area contributed by atoms with Crippen molar-refractivity contribution < 1.29 is 10.0 Å². The van der Waals surface area contributed by atoms with E-state index >= 15 is 0 Å². The first-order valence-electron chi connectivity index (χ1n) is 5.94. The third kappa shape index (κ3) is 3.89. The molecule has 0 aliphatic carbocycles. The molecule has 0 bridgehead atoms. The maximum Gasteiger partial charge on any atom is 0.317 e. The molecule has 0 aliphatic rings. The van der Waals surface area contributed by atoms with Gasteiger partial charge in [-0.1, -0.05) is 12.1 Å². The van der Waals surface area contributed by atoms with Gasteiger partial charge in [0.2, 0.25) is 5.96 Å². The number of hydrogen-bond acceptors (Lipinski definition) is 6. The molecule has 0 spiro atoms. The average Bonchev–Trinajstić information content (AvgIpc) is 2.96. The zero-order valence-corrected chi connectivity index (χ0v) is 10.9. The smallest absolute Gasteiger partial charge is 0.317 e. The highest BCUT2D eigenvalue weighted by atomic mass is 17.0. The number of nitrogens with two attached hydrogens (primary N) is 1. The number of rotatable bonds is 6. The SMILES string of the molecule is N=C(N)N(O[N+](=O)[O-])c1ccc(CCn2cncn2)cc1. The van der Waals surface area contributed by atoms with E-state index in [1.165, 1.54) is 6.33 Å². The largest absolute Gasteiger partial charge is 0.368 e. The summed E-state index contributed by atoms with van der Waals surface area (Å²) in [6.45, 7) is 0.668. The highest BCUT2D eigenvalue weighted by molar-refractivity contribution is 5.90. The van der Waals surface area contributed by atoms with E-state index in [1.807, 2.05) is 0 Å². The zero-order valence-electron chi connectivity index (χ0n) is 10.9. The topological polar surface area (TPSA) is 136 Å². The highest BCUT2D eigenvalue weighted by Gasteiger charge is 2.14. The lowest BCUT2D eigenvalue weighted by atomic mass is 10.1. The number of aromatic nitrogens is 3. The molecule has 0 radical (unpaired) electrons. The molecule has 2 rings (SSSR count). The summed E-state index contributed by atoms with van der Waals surface area (Å²) in [7, 11) is 0. The van der Waals surface area contributed by atoms with Crippen LogP contribution in [0.15, 0.2) is 36.9 Å². The molecule has 110 valence electrons. The van der Waals surface area contributed by atoms with E-state index in [4.69, 9.17) is 11.1 Å². The van der Waals surface area contributed by atoms with Crippen LogP contribution in [0.5, 0.6) is 0 Å². The van der Waals surface area contributed by atoms with E-state index in [1.54, 1.807) is 35.3 Å². The van der Waals surface area contributed by atoms with Crippen LogP contribution in [0.1, 0.15) is 5.56 Å². The number of aryl methyl sites for hydroxylation is 2. The van der Waals surface area contributed by atoms with Gasteiger partial charge in [-0.25, -0.2) is 4.98 Å². The molecule has 0 aliphatic heterocycles. The molecule has 21 heavy (non-hydrogen) atoms. The summed E-state index contributed by atoms with van der Waals surface area (Å²) in [6.07, 6.45) is 3.80. The molecule has 10 heteroatoms. The summed E-state index contributed by atoms with van der Waals surface area (Å²) < 4.78 is 1.70. The van der Waals surface area contributed by atoms with Crippen molar-refractivity contribution in [3.63, 3.8) is 0 Å². The molecule has 10 nitrogen and oxygen atoms in total. The van der Waals surface area contributed by atoms with Gasteiger partial charge in [-0.15, -0.1) is 15.2 Å². The van der Waals surface area contributed by atoms with Crippen molar-refractivity contribution in [3.8, 4) is 0 Å². The summed E-state index contributed by atoms with van der Waals surface area (Å²) in [5, 5.41) is 21.2. The third-order valence-electron chi connectivity index (χ3n) is 2.63. The summed E-state index contributed by atoms with van der Waals surface area (Å²) in [5.41, 5.74) is 6.53. The van der Waals surface area contributed by atoms with Crippen LogP contribution in [0.25, 0.3) is 0 Å².